The van der Waals surface area contributed by atoms with Crippen molar-refractivity contribution < 1.29 is 19.3 Å². The highest BCUT2D eigenvalue weighted by Gasteiger charge is 2.14. The predicted octanol–water partition coefficient (Wildman–Crippen LogP) is 4.26. The number of rotatable bonds is 9. The molecule has 122 valence electrons. The second-order valence-electron chi connectivity index (χ2n) is 5.07. The van der Waals surface area contributed by atoms with E-state index >= 15 is 0 Å². The number of unbranched alkanes of at least 4 members (excludes halogenated alkanes) is 1. The fourth-order valence-corrected chi connectivity index (χ4v) is 2.11. The van der Waals surface area contributed by atoms with Gasteiger partial charge < -0.3 is 4.74 Å². The Hall–Kier alpha value is -2.17. The lowest BCUT2D eigenvalue weighted by molar-refractivity contribution is -0.247. The van der Waals surface area contributed by atoms with Gasteiger partial charge in [-0.3, -0.25) is 4.89 Å². The van der Waals surface area contributed by atoms with Gasteiger partial charge in [-0.2, -0.15) is 4.89 Å². The third kappa shape index (κ3) is 5.51. The zero-order valence-electron chi connectivity index (χ0n) is 13.4. The molecule has 0 aliphatic heterocycles. The lowest BCUT2D eigenvalue weighted by Crippen LogP contribution is -2.11. The van der Waals surface area contributed by atoms with E-state index in [9.17, 15) is 4.79 Å². The highest BCUT2D eigenvalue weighted by Crippen LogP contribution is 2.23. The van der Waals surface area contributed by atoms with Gasteiger partial charge in [0, 0.05) is 6.61 Å². The molecule has 0 N–H and O–H groups in total. The summed E-state index contributed by atoms with van der Waals surface area (Å²) in [5, 5.41) is 0. The summed E-state index contributed by atoms with van der Waals surface area (Å²) in [6.45, 7) is 3.44. The summed E-state index contributed by atoms with van der Waals surface area (Å²) in [4.78, 5) is 22.0. The lowest BCUT2D eigenvalue weighted by Gasteiger charge is -2.09. The second-order valence-corrected chi connectivity index (χ2v) is 5.07. The van der Waals surface area contributed by atoms with Crippen LogP contribution in [0.3, 0.4) is 0 Å². The fraction of sp³-hybridized carbons (Fsp3) is 0.316. The summed E-state index contributed by atoms with van der Waals surface area (Å²) in [6.07, 6.45) is 2.11. The molecular weight excluding hydrogens is 292 g/mol. The summed E-state index contributed by atoms with van der Waals surface area (Å²) in [6, 6.07) is 17.0. The monoisotopic (exact) mass is 314 g/mol. The van der Waals surface area contributed by atoms with Gasteiger partial charge in [0.2, 0.25) is 0 Å². The quantitative estimate of drug-likeness (QED) is 0.394. The highest BCUT2D eigenvalue weighted by atomic mass is 17.2. The Balaban J connectivity index is 1.88. The number of carbonyl (C=O) groups excluding carboxylic acids is 1. The average Bonchev–Trinajstić information content (AvgIpc) is 2.61. The molecule has 4 nitrogen and oxygen atoms in total. The van der Waals surface area contributed by atoms with Crippen LogP contribution in [0.15, 0.2) is 54.6 Å². The van der Waals surface area contributed by atoms with Gasteiger partial charge in [-0.25, -0.2) is 4.79 Å². The van der Waals surface area contributed by atoms with Crippen molar-refractivity contribution in [1.82, 2.24) is 0 Å². The van der Waals surface area contributed by atoms with Crippen LogP contribution in [0.4, 0.5) is 0 Å². The lowest BCUT2D eigenvalue weighted by atomic mass is 10.00. The van der Waals surface area contributed by atoms with E-state index < -0.39 is 5.97 Å². The van der Waals surface area contributed by atoms with E-state index in [-0.39, 0.29) is 6.61 Å². The van der Waals surface area contributed by atoms with Crippen LogP contribution in [0.5, 0.6) is 0 Å². The van der Waals surface area contributed by atoms with Crippen LogP contribution in [0.2, 0.25) is 0 Å². The molecule has 2 aromatic rings. The maximum Gasteiger partial charge on any atom is 0.373 e. The number of hydrogen-bond donors (Lipinski definition) is 0. The molecule has 0 aromatic heterocycles. The molecular formula is C19H22O4. The maximum absolute atomic E-state index is 12.2. The molecule has 23 heavy (non-hydrogen) atoms. The van der Waals surface area contributed by atoms with Gasteiger partial charge in [0.15, 0.2) is 0 Å². The molecule has 0 saturated heterocycles. The molecule has 0 spiro atoms. The van der Waals surface area contributed by atoms with Crippen molar-refractivity contribution >= 4 is 5.97 Å². The third-order valence-corrected chi connectivity index (χ3v) is 3.32. The molecule has 4 heteroatoms. The van der Waals surface area contributed by atoms with E-state index in [1.807, 2.05) is 42.5 Å². The normalized spacial score (nSPS) is 10.5. The molecule has 0 fully saturated rings. The van der Waals surface area contributed by atoms with Crippen molar-refractivity contribution in [1.29, 1.82) is 0 Å². The van der Waals surface area contributed by atoms with Gasteiger partial charge >= 0.3 is 5.97 Å². The molecule has 0 unspecified atom stereocenters. The van der Waals surface area contributed by atoms with Crippen LogP contribution in [-0.4, -0.2) is 25.8 Å². The van der Waals surface area contributed by atoms with Gasteiger partial charge in [0.05, 0.1) is 12.2 Å². The van der Waals surface area contributed by atoms with Gasteiger partial charge in [-0.05, 0) is 23.6 Å². The molecule has 0 radical (unpaired) electrons. The highest BCUT2D eigenvalue weighted by molar-refractivity contribution is 5.96. The van der Waals surface area contributed by atoms with E-state index in [0.717, 1.165) is 24.0 Å². The first-order chi connectivity index (χ1) is 11.3. The standard InChI is InChI=1S/C19H22O4/c1-2-3-13-21-14-15-22-23-19(20)18-12-8-7-11-17(18)16-9-5-4-6-10-16/h4-12H,2-3,13-15H2,1H3. The molecule has 2 rings (SSSR count). The molecule has 0 atom stereocenters. The van der Waals surface area contributed by atoms with E-state index in [1.54, 1.807) is 12.1 Å². The number of benzene rings is 2. The molecule has 0 bridgehead atoms. The predicted molar refractivity (Wildman–Crippen MR) is 89.0 cm³/mol. The first-order valence-corrected chi connectivity index (χ1v) is 7.89. The van der Waals surface area contributed by atoms with Gasteiger partial charge in [-0.1, -0.05) is 61.9 Å². The van der Waals surface area contributed by atoms with Crippen LogP contribution >= 0.6 is 0 Å². The topological polar surface area (TPSA) is 44.8 Å². The molecule has 0 aliphatic carbocycles. The summed E-state index contributed by atoms with van der Waals surface area (Å²) in [5.41, 5.74) is 2.26. The summed E-state index contributed by atoms with van der Waals surface area (Å²) in [5.74, 6) is -0.502. The van der Waals surface area contributed by atoms with Crippen LogP contribution < -0.4 is 0 Å². The van der Waals surface area contributed by atoms with Crippen molar-refractivity contribution in [3.63, 3.8) is 0 Å². The first kappa shape index (κ1) is 17.2. The minimum Gasteiger partial charge on any atom is -0.379 e. The molecule has 0 amide bonds. The molecule has 0 saturated carbocycles. The number of carbonyl (C=O) groups is 1. The van der Waals surface area contributed by atoms with Crippen LogP contribution in [0, 0.1) is 0 Å². The van der Waals surface area contributed by atoms with Crippen molar-refractivity contribution in [3.05, 3.63) is 60.2 Å². The molecule has 2 aromatic carbocycles. The largest absolute Gasteiger partial charge is 0.379 e. The number of hydrogen-bond acceptors (Lipinski definition) is 4. The Bertz CT molecular complexity index is 595. The Kier molecular flexibility index (Phi) is 7.30. The fourth-order valence-electron chi connectivity index (χ4n) is 2.11. The van der Waals surface area contributed by atoms with Crippen LogP contribution in [-0.2, 0) is 14.5 Å². The first-order valence-electron chi connectivity index (χ1n) is 7.89. The van der Waals surface area contributed by atoms with E-state index in [1.165, 1.54) is 0 Å². The van der Waals surface area contributed by atoms with Crippen molar-refractivity contribution in [2.24, 2.45) is 0 Å². The second kappa shape index (κ2) is 9.77. The van der Waals surface area contributed by atoms with E-state index in [4.69, 9.17) is 14.5 Å². The molecule has 0 heterocycles. The smallest absolute Gasteiger partial charge is 0.373 e. The van der Waals surface area contributed by atoms with Crippen molar-refractivity contribution in [2.75, 3.05) is 19.8 Å². The van der Waals surface area contributed by atoms with E-state index in [0.29, 0.717) is 18.8 Å². The van der Waals surface area contributed by atoms with Crippen LogP contribution in [0.25, 0.3) is 11.1 Å². The number of ether oxygens (including phenoxy) is 1. The Morgan fingerprint density at radius 2 is 1.65 bits per heavy atom. The minimum atomic E-state index is -0.502. The van der Waals surface area contributed by atoms with Crippen molar-refractivity contribution in [2.45, 2.75) is 19.8 Å². The zero-order valence-corrected chi connectivity index (χ0v) is 13.4. The minimum absolute atomic E-state index is 0.225. The average molecular weight is 314 g/mol. The SMILES string of the molecule is CCCCOCCOOC(=O)c1ccccc1-c1ccccc1. The van der Waals surface area contributed by atoms with Gasteiger partial charge in [0.1, 0.15) is 6.61 Å². The Morgan fingerprint density at radius 1 is 0.913 bits per heavy atom. The maximum atomic E-state index is 12.2. The summed E-state index contributed by atoms with van der Waals surface area (Å²) >= 11 is 0. The summed E-state index contributed by atoms with van der Waals surface area (Å²) in [7, 11) is 0. The van der Waals surface area contributed by atoms with Gasteiger partial charge in [0.25, 0.3) is 0 Å². The zero-order chi connectivity index (χ0) is 16.3. The van der Waals surface area contributed by atoms with Crippen LogP contribution in [0.1, 0.15) is 30.1 Å². The van der Waals surface area contributed by atoms with Gasteiger partial charge in [-0.15, -0.1) is 0 Å². The van der Waals surface area contributed by atoms with Crippen molar-refractivity contribution in [3.8, 4) is 11.1 Å². The van der Waals surface area contributed by atoms with E-state index in [2.05, 4.69) is 6.92 Å². The Morgan fingerprint density at radius 3 is 2.43 bits per heavy atom. The third-order valence-electron chi connectivity index (χ3n) is 3.32. The Labute approximate surface area is 136 Å². The summed E-state index contributed by atoms with van der Waals surface area (Å²) < 4.78 is 5.34. The molecule has 0 aliphatic rings.